The van der Waals surface area contributed by atoms with Gasteiger partial charge in [-0.2, -0.15) is 15.6 Å². The number of thiophene rings is 1. The van der Waals surface area contributed by atoms with Gasteiger partial charge >= 0.3 is 0 Å². The van der Waals surface area contributed by atoms with Crippen LogP contribution in [0.3, 0.4) is 0 Å². The molecule has 0 radical (unpaired) electrons. The molecular formula is C11H18N2O2S2. The molecule has 1 aliphatic carbocycles. The Morgan fingerprint density at radius 3 is 2.76 bits per heavy atom. The van der Waals surface area contributed by atoms with Crippen LogP contribution in [0.25, 0.3) is 0 Å². The first kappa shape index (κ1) is 13.0. The Balaban J connectivity index is 2.17. The van der Waals surface area contributed by atoms with E-state index in [-0.39, 0.29) is 12.6 Å². The molecule has 0 bridgehead atoms. The van der Waals surface area contributed by atoms with Gasteiger partial charge in [0.05, 0.1) is 5.25 Å². The Morgan fingerprint density at radius 2 is 2.29 bits per heavy atom. The van der Waals surface area contributed by atoms with Gasteiger partial charge in [-0.25, -0.2) is 8.42 Å². The van der Waals surface area contributed by atoms with Crippen molar-refractivity contribution in [1.82, 2.24) is 4.31 Å². The van der Waals surface area contributed by atoms with Crippen molar-refractivity contribution in [3.05, 3.63) is 22.4 Å². The summed E-state index contributed by atoms with van der Waals surface area (Å²) >= 11 is 1.59. The van der Waals surface area contributed by atoms with Crippen molar-refractivity contribution in [2.45, 2.75) is 37.6 Å². The van der Waals surface area contributed by atoms with Crippen LogP contribution < -0.4 is 5.73 Å². The maximum Gasteiger partial charge on any atom is 0.218 e. The number of rotatable bonds is 6. The minimum atomic E-state index is -3.25. The molecule has 1 aromatic rings. The van der Waals surface area contributed by atoms with E-state index in [0.29, 0.717) is 6.54 Å². The molecule has 4 nitrogen and oxygen atoms in total. The molecule has 1 aliphatic rings. The number of hydrogen-bond acceptors (Lipinski definition) is 4. The van der Waals surface area contributed by atoms with Gasteiger partial charge in [-0.15, -0.1) is 0 Å². The summed E-state index contributed by atoms with van der Waals surface area (Å²) in [7, 11) is -3.25. The normalized spacial score (nSPS) is 18.5. The van der Waals surface area contributed by atoms with Crippen LogP contribution in [-0.4, -0.2) is 30.6 Å². The highest BCUT2D eigenvalue weighted by Crippen LogP contribution is 2.32. The first-order valence-corrected chi connectivity index (χ1v) is 8.22. The molecule has 0 amide bonds. The van der Waals surface area contributed by atoms with Gasteiger partial charge in [-0.3, -0.25) is 0 Å². The summed E-state index contributed by atoms with van der Waals surface area (Å²) in [6, 6.07) is 2.16. The lowest BCUT2D eigenvalue weighted by molar-refractivity contribution is 0.393. The van der Waals surface area contributed by atoms with E-state index in [4.69, 9.17) is 5.73 Å². The Labute approximate surface area is 106 Å². The number of sulfonamides is 1. The van der Waals surface area contributed by atoms with Crippen LogP contribution in [0.4, 0.5) is 0 Å². The zero-order valence-corrected chi connectivity index (χ0v) is 11.5. The maximum atomic E-state index is 12.3. The van der Waals surface area contributed by atoms with E-state index >= 15 is 0 Å². The van der Waals surface area contributed by atoms with E-state index in [1.54, 1.807) is 22.6 Å². The third-order valence-electron chi connectivity index (χ3n) is 3.04. The summed E-state index contributed by atoms with van der Waals surface area (Å²) in [4.78, 5) is 0. The van der Waals surface area contributed by atoms with Crippen LogP contribution >= 0.6 is 11.3 Å². The quantitative estimate of drug-likeness (QED) is 0.852. The Bertz CT molecular complexity index is 452. The lowest BCUT2D eigenvalue weighted by Gasteiger charge is -2.24. The van der Waals surface area contributed by atoms with Crippen molar-refractivity contribution in [3.8, 4) is 0 Å². The van der Waals surface area contributed by atoms with E-state index < -0.39 is 15.3 Å². The van der Waals surface area contributed by atoms with Crippen LogP contribution in [0.2, 0.25) is 0 Å². The number of hydrogen-bond donors (Lipinski definition) is 1. The van der Waals surface area contributed by atoms with Crippen molar-refractivity contribution in [3.63, 3.8) is 0 Å². The lowest BCUT2D eigenvalue weighted by atomic mass is 10.3. The molecule has 1 heterocycles. The molecule has 2 N–H and O–H groups in total. The van der Waals surface area contributed by atoms with Crippen LogP contribution in [0.1, 0.15) is 25.3 Å². The van der Waals surface area contributed by atoms with Gasteiger partial charge in [-0.05, 0) is 42.2 Å². The van der Waals surface area contributed by atoms with Gasteiger partial charge in [-0.1, -0.05) is 0 Å². The second-order valence-corrected chi connectivity index (χ2v) is 7.58. The first-order chi connectivity index (χ1) is 8.05. The van der Waals surface area contributed by atoms with E-state index in [1.165, 1.54) is 0 Å². The minimum Gasteiger partial charge on any atom is -0.329 e. The zero-order valence-electron chi connectivity index (χ0n) is 9.87. The monoisotopic (exact) mass is 274 g/mol. The fourth-order valence-electron chi connectivity index (χ4n) is 1.70. The molecule has 1 saturated carbocycles. The number of nitrogens with zero attached hydrogens (tertiary/aromatic N) is 1. The molecule has 0 spiro atoms. The van der Waals surface area contributed by atoms with Crippen molar-refractivity contribution in [1.29, 1.82) is 0 Å². The summed E-state index contributed by atoms with van der Waals surface area (Å²) in [6.07, 6.45) is 1.95. The average Bonchev–Trinajstić information content (AvgIpc) is 3.01. The van der Waals surface area contributed by atoms with Crippen LogP contribution in [0, 0.1) is 0 Å². The molecule has 0 aliphatic heterocycles. The fraction of sp³-hybridized carbons (Fsp3) is 0.636. The van der Waals surface area contributed by atoms with Gasteiger partial charge in [0, 0.05) is 19.1 Å². The molecule has 1 unspecified atom stereocenters. The Kier molecular flexibility index (Phi) is 3.87. The molecule has 0 aromatic carbocycles. The van der Waals surface area contributed by atoms with Gasteiger partial charge in [0.1, 0.15) is 0 Å². The van der Waals surface area contributed by atoms with Crippen LogP contribution in [0.15, 0.2) is 16.8 Å². The topological polar surface area (TPSA) is 63.4 Å². The maximum absolute atomic E-state index is 12.3. The Hall–Kier alpha value is -0.430. The highest BCUT2D eigenvalue weighted by atomic mass is 32.2. The molecule has 17 heavy (non-hydrogen) atoms. The third-order valence-corrected chi connectivity index (χ3v) is 6.06. The van der Waals surface area contributed by atoms with Gasteiger partial charge in [0.2, 0.25) is 10.0 Å². The zero-order chi connectivity index (χ0) is 12.5. The van der Waals surface area contributed by atoms with Crippen LogP contribution in [0.5, 0.6) is 0 Å². The van der Waals surface area contributed by atoms with Gasteiger partial charge in [0.15, 0.2) is 0 Å². The van der Waals surface area contributed by atoms with Crippen molar-refractivity contribution in [2.24, 2.45) is 5.73 Å². The smallest absolute Gasteiger partial charge is 0.218 e. The average molecular weight is 274 g/mol. The summed E-state index contributed by atoms with van der Waals surface area (Å²) in [5.41, 5.74) is 6.55. The second-order valence-electron chi connectivity index (χ2n) is 4.50. The first-order valence-electron chi connectivity index (χ1n) is 5.77. The lowest BCUT2D eigenvalue weighted by Crippen LogP contribution is -2.41. The predicted molar refractivity (Wildman–Crippen MR) is 70.3 cm³/mol. The van der Waals surface area contributed by atoms with E-state index in [0.717, 1.165) is 18.4 Å². The fourth-order valence-corrected chi connectivity index (χ4v) is 4.03. The molecular weight excluding hydrogens is 256 g/mol. The standard InChI is InChI=1S/C11H18N2O2S2/c1-9(6-12)17(14,15)13(11-2-3-11)7-10-4-5-16-8-10/h4-5,8-9,11H,2-3,6-7,12H2,1H3. The second kappa shape index (κ2) is 5.06. The van der Waals surface area contributed by atoms with Crippen molar-refractivity contribution >= 4 is 21.4 Å². The summed E-state index contributed by atoms with van der Waals surface area (Å²) in [6.45, 7) is 2.34. The molecule has 1 aromatic heterocycles. The van der Waals surface area contributed by atoms with Crippen molar-refractivity contribution < 1.29 is 8.42 Å². The predicted octanol–water partition coefficient (Wildman–Crippen LogP) is 1.39. The molecule has 1 atom stereocenters. The highest BCUT2D eigenvalue weighted by Gasteiger charge is 2.39. The van der Waals surface area contributed by atoms with E-state index in [2.05, 4.69) is 0 Å². The van der Waals surface area contributed by atoms with Gasteiger partial charge < -0.3 is 5.73 Å². The van der Waals surface area contributed by atoms with E-state index in [9.17, 15) is 8.42 Å². The van der Waals surface area contributed by atoms with E-state index in [1.807, 2.05) is 16.8 Å². The highest BCUT2D eigenvalue weighted by molar-refractivity contribution is 7.89. The largest absolute Gasteiger partial charge is 0.329 e. The molecule has 2 rings (SSSR count). The molecule has 6 heteroatoms. The van der Waals surface area contributed by atoms with Crippen LogP contribution in [-0.2, 0) is 16.6 Å². The minimum absolute atomic E-state index is 0.176. The number of nitrogens with two attached hydrogens (primary N) is 1. The third kappa shape index (κ3) is 2.88. The molecule has 96 valence electrons. The summed E-state index contributed by atoms with van der Waals surface area (Å²) < 4.78 is 26.3. The molecule has 1 fully saturated rings. The van der Waals surface area contributed by atoms with Crippen molar-refractivity contribution in [2.75, 3.05) is 6.54 Å². The SMILES string of the molecule is CC(CN)S(=O)(=O)N(Cc1ccsc1)C1CC1. The van der Waals surface area contributed by atoms with Gasteiger partial charge in [0.25, 0.3) is 0 Å². The summed E-state index contributed by atoms with van der Waals surface area (Å²) in [5.74, 6) is 0. The Morgan fingerprint density at radius 1 is 1.59 bits per heavy atom. The summed E-state index contributed by atoms with van der Waals surface area (Å²) in [5, 5.41) is 3.47. The molecule has 0 saturated heterocycles.